The minimum Gasteiger partial charge on any atom is -0.399 e. The lowest BCUT2D eigenvalue weighted by molar-refractivity contribution is 0.148. The van der Waals surface area contributed by atoms with Crippen molar-refractivity contribution >= 4 is 0 Å². The van der Waals surface area contributed by atoms with E-state index in [9.17, 15) is 15.8 Å². The summed E-state index contributed by atoms with van der Waals surface area (Å²) in [5.41, 5.74) is 6.16. The molecular formula is C17H18N4. The molecule has 0 radical (unpaired) electrons. The zero-order valence-electron chi connectivity index (χ0n) is 12.0. The Bertz CT molecular complexity index is 642. The zero-order valence-corrected chi connectivity index (χ0v) is 12.0. The monoisotopic (exact) mass is 278 g/mol. The van der Waals surface area contributed by atoms with Gasteiger partial charge >= 0.3 is 0 Å². The van der Waals surface area contributed by atoms with Crippen LogP contribution >= 0.6 is 0 Å². The highest BCUT2D eigenvalue weighted by Gasteiger charge is 2.58. The van der Waals surface area contributed by atoms with Gasteiger partial charge in [0.25, 0.3) is 0 Å². The first-order chi connectivity index (χ1) is 10.2. The summed E-state index contributed by atoms with van der Waals surface area (Å²) in [7, 11) is 0. The van der Waals surface area contributed by atoms with Gasteiger partial charge in [0.15, 0.2) is 0 Å². The van der Waals surface area contributed by atoms with E-state index in [1.807, 2.05) is 6.08 Å². The van der Waals surface area contributed by atoms with Crippen molar-refractivity contribution in [1.82, 2.24) is 0 Å². The summed E-state index contributed by atoms with van der Waals surface area (Å²) < 4.78 is 0. The van der Waals surface area contributed by atoms with Gasteiger partial charge < -0.3 is 5.73 Å². The molecule has 2 N–H and O–H groups in total. The number of rotatable bonds is 0. The van der Waals surface area contributed by atoms with E-state index in [-0.39, 0.29) is 17.0 Å². The first kappa shape index (κ1) is 13.7. The lowest BCUT2D eigenvalue weighted by Crippen LogP contribution is -2.46. The molecule has 0 heterocycles. The van der Waals surface area contributed by atoms with Crippen molar-refractivity contribution in [2.75, 3.05) is 0 Å². The minimum atomic E-state index is -1.42. The molecule has 0 bridgehead atoms. The molecule has 4 nitrogen and oxygen atoms in total. The molecule has 0 aliphatic heterocycles. The fourth-order valence-electron chi connectivity index (χ4n) is 4.70. The van der Waals surface area contributed by atoms with E-state index < -0.39 is 5.41 Å². The molecule has 0 unspecified atom stereocenters. The number of hydrogen-bond acceptors (Lipinski definition) is 4. The maximum Gasteiger partial charge on any atom is 0.204 e. The molecule has 3 aliphatic carbocycles. The molecule has 0 saturated heterocycles. The van der Waals surface area contributed by atoms with Crippen molar-refractivity contribution in [3.05, 3.63) is 22.9 Å². The number of hydrogen-bond donors (Lipinski definition) is 1. The highest BCUT2D eigenvalue weighted by atomic mass is 14.7. The third-order valence-corrected chi connectivity index (χ3v) is 5.66. The molecule has 0 aromatic heterocycles. The molecule has 1 fully saturated rings. The maximum atomic E-state index is 9.70. The normalized spacial score (nSPS) is 29.0. The summed E-state index contributed by atoms with van der Waals surface area (Å²) in [5, 5.41) is 28.9. The fourth-order valence-corrected chi connectivity index (χ4v) is 4.70. The van der Waals surface area contributed by atoms with E-state index in [0.29, 0.717) is 5.57 Å². The molecule has 3 aliphatic rings. The van der Waals surface area contributed by atoms with Crippen molar-refractivity contribution in [2.24, 2.45) is 22.5 Å². The van der Waals surface area contributed by atoms with Crippen LogP contribution in [0.4, 0.5) is 0 Å². The van der Waals surface area contributed by atoms with Gasteiger partial charge in [0.2, 0.25) is 5.41 Å². The quantitative estimate of drug-likeness (QED) is 0.688. The molecule has 4 heteroatoms. The Morgan fingerprint density at radius 3 is 2.33 bits per heavy atom. The van der Waals surface area contributed by atoms with E-state index in [4.69, 9.17) is 5.73 Å². The van der Waals surface area contributed by atoms with Crippen molar-refractivity contribution < 1.29 is 0 Å². The van der Waals surface area contributed by atoms with Gasteiger partial charge in [-0.2, -0.15) is 15.8 Å². The number of nitrogens with zero attached hydrogens (tertiary/aromatic N) is 3. The van der Waals surface area contributed by atoms with Crippen LogP contribution in [0.3, 0.4) is 0 Å². The van der Waals surface area contributed by atoms with Crippen molar-refractivity contribution in [2.45, 2.75) is 44.9 Å². The number of fused-ring (bicyclic) bond motifs is 2. The van der Waals surface area contributed by atoms with E-state index in [1.54, 1.807) is 0 Å². The van der Waals surface area contributed by atoms with Crippen LogP contribution in [0.2, 0.25) is 0 Å². The fraction of sp³-hybridized carbons (Fsp3) is 0.588. The van der Waals surface area contributed by atoms with E-state index in [2.05, 4.69) is 18.2 Å². The lowest BCUT2D eigenvalue weighted by Gasteiger charge is -2.49. The molecule has 106 valence electrons. The molecule has 3 rings (SSSR count). The molecule has 0 amide bonds. The predicted octanol–water partition coefficient (Wildman–Crippen LogP) is 3.06. The SMILES string of the molecule is N#CC1=C(N)C(C#N)(C#N)C2=CCC[C@H]2C12CCCCC2. The first-order valence-corrected chi connectivity index (χ1v) is 7.60. The van der Waals surface area contributed by atoms with Crippen LogP contribution in [-0.4, -0.2) is 0 Å². The Balaban J connectivity index is 2.29. The molecule has 21 heavy (non-hydrogen) atoms. The largest absolute Gasteiger partial charge is 0.399 e. The van der Waals surface area contributed by atoms with Crippen LogP contribution in [-0.2, 0) is 0 Å². The molecule has 0 aromatic carbocycles. The van der Waals surface area contributed by atoms with Crippen LogP contribution in [0.15, 0.2) is 22.9 Å². The van der Waals surface area contributed by atoms with Crippen LogP contribution < -0.4 is 5.73 Å². The standard InChI is InChI=1S/C17H18N4/c18-9-14-15(21)17(10-19,11-20)13-6-4-5-12(13)16(14)7-2-1-3-8-16/h6,12H,1-5,7-8,21H2/t12-/m1/s1. The molecular weight excluding hydrogens is 260 g/mol. The van der Waals surface area contributed by atoms with E-state index in [0.717, 1.165) is 44.1 Å². The Morgan fingerprint density at radius 2 is 1.76 bits per heavy atom. The second-order valence-electron chi connectivity index (χ2n) is 6.38. The molecule has 0 aromatic rings. The topological polar surface area (TPSA) is 97.4 Å². The third kappa shape index (κ3) is 1.52. The Labute approximate surface area is 125 Å². The average molecular weight is 278 g/mol. The van der Waals surface area contributed by atoms with Crippen molar-refractivity contribution in [1.29, 1.82) is 15.8 Å². The smallest absolute Gasteiger partial charge is 0.204 e. The lowest BCUT2D eigenvalue weighted by atomic mass is 9.52. The van der Waals surface area contributed by atoms with Gasteiger partial charge in [0.1, 0.15) is 0 Å². The number of nitrogens with two attached hydrogens (primary N) is 1. The molecule has 1 atom stereocenters. The van der Waals surface area contributed by atoms with E-state index in [1.165, 1.54) is 6.42 Å². The average Bonchev–Trinajstić information content (AvgIpc) is 3.01. The first-order valence-electron chi connectivity index (χ1n) is 7.60. The number of nitriles is 3. The predicted molar refractivity (Wildman–Crippen MR) is 76.8 cm³/mol. The van der Waals surface area contributed by atoms with Crippen LogP contribution in [0, 0.1) is 50.7 Å². The summed E-state index contributed by atoms with van der Waals surface area (Å²) in [6.45, 7) is 0. The van der Waals surface area contributed by atoms with Crippen LogP contribution in [0.25, 0.3) is 0 Å². The third-order valence-electron chi connectivity index (χ3n) is 5.66. The summed E-state index contributed by atoms with van der Waals surface area (Å²) in [5.74, 6) is 0.138. The highest BCUT2D eigenvalue weighted by molar-refractivity contribution is 5.57. The second-order valence-corrected chi connectivity index (χ2v) is 6.38. The van der Waals surface area contributed by atoms with Gasteiger partial charge in [-0.15, -0.1) is 0 Å². The van der Waals surface area contributed by atoms with Gasteiger partial charge in [0, 0.05) is 5.41 Å². The van der Waals surface area contributed by atoms with Gasteiger partial charge in [0.05, 0.1) is 29.5 Å². The maximum absolute atomic E-state index is 9.70. The van der Waals surface area contributed by atoms with Gasteiger partial charge in [-0.25, -0.2) is 0 Å². The summed E-state index contributed by atoms with van der Waals surface area (Å²) >= 11 is 0. The van der Waals surface area contributed by atoms with E-state index >= 15 is 0 Å². The minimum absolute atomic E-state index is 0.138. The van der Waals surface area contributed by atoms with Gasteiger partial charge in [-0.1, -0.05) is 25.3 Å². The second kappa shape index (κ2) is 4.64. The van der Waals surface area contributed by atoms with Gasteiger partial charge in [-0.3, -0.25) is 0 Å². The van der Waals surface area contributed by atoms with Gasteiger partial charge in [-0.05, 0) is 37.2 Å². The Morgan fingerprint density at radius 1 is 1.10 bits per heavy atom. The Kier molecular flexibility index (Phi) is 3.03. The molecule has 1 spiro atoms. The Hall–Kier alpha value is -2.25. The summed E-state index contributed by atoms with van der Waals surface area (Å²) in [6.07, 6.45) is 9.10. The van der Waals surface area contributed by atoms with Crippen molar-refractivity contribution in [3.8, 4) is 18.2 Å². The highest BCUT2D eigenvalue weighted by Crippen LogP contribution is 2.62. The van der Waals surface area contributed by atoms with Crippen LogP contribution in [0.5, 0.6) is 0 Å². The van der Waals surface area contributed by atoms with Crippen molar-refractivity contribution in [3.63, 3.8) is 0 Å². The molecule has 1 saturated carbocycles. The van der Waals surface area contributed by atoms with Crippen LogP contribution in [0.1, 0.15) is 44.9 Å². The summed E-state index contributed by atoms with van der Waals surface area (Å²) in [4.78, 5) is 0. The summed E-state index contributed by atoms with van der Waals surface area (Å²) in [6, 6.07) is 6.50. The zero-order chi connectivity index (χ0) is 15.1. The number of allylic oxidation sites excluding steroid dienone is 3.